The van der Waals surface area contributed by atoms with Gasteiger partial charge in [0.2, 0.25) is 5.95 Å². The lowest BCUT2D eigenvalue weighted by molar-refractivity contribution is 0.0773. The third-order valence-electron chi connectivity index (χ3n) is 5.33. The maximum absolute atomic E-state index is 12.7. The molecule has 0 spiro atoms. The minimum absolute atomic E-state index is 0.0305. The second kappa shape index (κ2) is 8.71. The smallest absolute Gasteiger partial charge is 0.253 e. The molecule has 8 nitrogen and oxygen atoms in total. The zero-order valence-corrected chi connectivity index (χ0v) is 17.7. The standard InChI is InChI=1S/C22H28N6O2/c1-4-27(5-2)21(29)16-7-6-8-17(14-16)24-20-18-13-15(3)23-19(18)25-22(26-20)28-9-11-30-12-10-28/h6-8,13-14H,4-5,9-12H2,1-3H3,(H2,23,24,25,26). The lowest BCUT2D eigenvalue weighted by Crippen LogP contribution is -2.37. The molecule has 30 heavy (non-hydrogen) atoms. The molecule has 0 atom stereocenters. The van der Waals surface area contributed by atoms with Gasteiger partial charge in [-0.05, 0) is 45.0 Å². The van der Waals surface area contributed by atoms with Crippen molar-refractivity contribution in [3.63, 3.8) is 0 Å². The number of nitrogens with zero attached hydrogens (tertiary/aromatic N) is 4. The number of ether oxygens (including phenoxy) is 1. The maximum Gasteiger partial charge on any atom is 0.253 e. The van der Waals surface area contributed by atoms with Gasteiger partial charge in [-0.15, -0.1) is 0 Å². The van der Waals surface area contributed by atoms with Crippen LogP contribution in [0.4, 0.5) is 17.5 Å². The summed E-state index contributed by atoms with van der Waals surface area (Å²) in [6.45, 7) is 10.2. The summed E-state index contributed by atoms with van der Waals surface area (Å²) in [7, 11) is 0. The first-order chi connectivity index (χ1) is 14.6. The number of H-pyrrole nitrogens is 1. The zero-order valence-electron chi connectivity index (χ0n) is 17.7. The van der Waals surface area contributed by atoms with Gasteiger partial charge in [0.1, 0.15) is 11.5 Å². The number of aromatic amines is 1. The van der Waals surface area contributed by atoms with Crippen LogP contribution in [-0.2, 0) is 4.74 Å². The molecule has 1 aromatic carbocycles. The fourth-order valence-corrected chi connectivity index (χ4v) is 3.69. The van der Waals surface area contributed by atoms with Crippen molar-refractivity contribution in [1.29, 1.82) is 0 Å². The van der Waals surface area contributed by atoms with Gasteiger partial charge in [-0.3, -0.25) is 4.79 Å². The van der Waals surface area contributed by atoms with Crippen LogP contribution in [0.1, 0.15) is 29.9 Å². The monoisotopic (exact) mass is 408 g/mol. The molecule has 2 aromatic heterocycles. The van der Waals surface area contributed by atoms with E-state index < -0.39 is 0 Å². The largest absolute Gasteiger partial charge is 0.378 e. The normalized spacial score (nSPS) is 14.2. The number of nitrogens with one attached hydrogen (secondary N) is 2. The highest BCUT2D eigenvalue weighted by molar-refractivity contribution is 5.96. The second-order valence-corrected chi connectivity index (χ2v) is 7.37. The Morgan fingerprint density at radius 3 is 2.70 bits per heavy atom. The quantitative estimate of drug-likeness (QED) is 0.651. The fraction of sp³-hybridized carbons (Fsp3) is 0.409. The van der Waals surface area contributed by atoms with E-state index in [4.69, 9.17) is 14.7 Å². The molecule has 0 saturated carbocycles. The van der Waals surface area contributed by atoms with E-state index in [2.05, 4.69) is 15.2 Å². The van der Waals surface area contributed by atoms with E-state index in [0.29, 0.717) is 37.8 Å². The lowest BCUT2D eigenvalue weighted by Gasteiger charge is -2.27. The molecule has 3 aromatic rings. The summed E-state index contributed by atoms with van der Waals surface area (Å²) < 4.78 is 5.46. The van der Waals surface area contributed by atoms with Gasteiger partial charge in [0.05, 0.1) is 18.6 Å². The average Bonchev–Trinajstić information content (AvgIpc) is 3.16. The Labute approximate surface area is 176 Å². The molecule has 1 amide bonds. The van der Waals surface area contributed by atoms with Crippen LogP contribution in [-0.4, -0.2) is 65.2 Å². The summed E-state index contributed by atoms with van der Waals surface area (Å²) in [5.74, 6) is 1.42. The van der Waals surface area contributed by atoms with Crippen molar-refractivity contribution in [2.45, 2.75) is 20.8 Å². The number of aromatic nitrogens is 3. The Morgan fingerprint density at radius 1 is 1.20 bits per heavy atom. The summed E-state index contributed by atoms with van der Waals surface area (Å²) in [5.41, 5.74) is 3.29. The van der Waals surface area contributed by atoms with E-state index in [1.54, 1.807) is 0 Å². The van der Waals surface area contributed by atoms with Gasteiger partial charge in [0.25, 0.3) is 5.91 Å². The van der Waals surface area contributed by atoms with Crippen LogP contribution in [0, 0.1) is 6.92 Å². The van der Waals surface area contributed by atoms with Gasteiger partial charge >= 0.3 is 0 Å². The van der Waals surface area contributed by atoms with Crippen LogP contribution in [0.25, 0.3) is 11.0 Å². The summed E-state index contributed by atoms with van der Waals surface area (Å²) in [5, 5.41) is 4.33. The van der Waals surface area contributed by atoms with E-state index in [9.17, 15) is 4.79 Å². The molecule has 1 aliphatic heterocycles. The van der Waals surface area contributed by atoms with Crippen LogP contribution < -0.4 is 10.2 Å². The number of hydrogen-bond donors (Lipinski definition) is 2. The molecule has 0 unspecified atom stereocenters. The van der Waals surface area contributed by atoms with Crippen LogP contribution in [0.15, 0.2) is 30.3 Å². The van der Waals surface area contributed by atoms with Crippen LogP contribution in [0.5, 0.6) is 0 Å². The van der Waals surface area contributed by atoms with E-state index in [1.165, 1.54) is 0 Å². The zero-order chi connectivity index (χ0) is 21.1. The highest BCUT2D eigenvalue weighted by Crippen LogP contribution is 2.28. The SMILES string of the molecule is CCN(CC)C(=O)c1cccc(Nc2nc(N3CCOCC3)nc3[nH]c(C)cc23)c1. The van der Waals surface area contributed by atoms with Crippen LogP contribution in [0.3, 0.4) is 0 Å². The Bertz CT molecular complexity index is 1040. The molecule has 1 fully saturated rings. The number of amides is 1. The van der Waals surface area contributed by atoms with Gasteiger partial charge in [-0.25, -0.2) is 0 Å². The van der Waals surface area contributed by atoms with Gasteiger partial charge in [0.15, 0.2) is 0 Å². The molecular weight excluding hydrogens is 380 g/mol. The van der Waals surface area contributed by atoms with Crippen molar-refractivity contribution in [2.75, 3.05) is 49.6 Å². The molecule has 1 aliphatic rings. The number of carbonyl (C=O) groups is 1. The number of anilines is 3. The predicted octanol–water partition coefficient (Wildman–Crippen LogP) is 3.33. The van der Waals surface area contributed by atoms with E-state index in [0.717, 1.165) is 41.3 Å². The Morgan fingerprint density at radius 2 is 1.97 bits per heavy atom. The first-order valence-corrected chi connectivity index (χ1v) is 10.5. The molecule has 0 aliphatic carbocycles. The molecule has 1 saturated heterocycles. The predicted molar refractivity (Wildman–Crippen MR) is 119 cm³/mol. The Hall–Kier alpha value is -3.13. The number of morpholine rings is 1. The molecule has 4 rings (SSSR count). The topological polar surface area (TPSA) is 86.4 Å². The average molecular weight is 409 g/mol. The van der Waals surface area contributed by atoms with Crippen molar-refractivity contribution in [1.82, 2.24) is 19.9 Å². The number of hydrogen-bond acceptors (Lipinski definition) is 6. The number of fused-ring (bicyclic) bond motifs is 1. The summed E-state index contributed by atoms with van der Waals surface area (Å²) in [6, 6.07) is 9.60. The third-order valence-corrected chi connectivity index (χ3v) is 5.33. The molecular formula is C22H28N6O2. The first kappa shape index (κ1) is 20.2. The number of rotatable bonds is 6. The lowest BCUT2D eigenvalue weighted by atomic mass is 10.1. The van der Waals surface area contributed by atoms with Crippen molar-refractivity contribution < 1.29 is 9.53 Å². The van der Waals surface area contributed by atoms with Gasteiger partial charge in [-0.1, -0.05) is 6.07 Å². The highest BCUT2D eigenvalue weighted by atomic mass is 16.5. The molecule has 158 valence electrons. The van der Waals surface area contributed by atoms with Gasteiger partial charge < -0.3 is 24.8 Å². The molecule has 2 N–H and O–H groups in total. The fourth-order valence-electron chi connectivity index (χ4n) is 3.69. The molecule has 0 bridgehead atoms. The summed E-state index contributed by atoms with van der Waals surface area (Å²) in [4.78, 5) is 29.5. The summed E-state index contributed by atoms with van der Waals surface area (Å²) >= 11 is 0. The maximum atomic E-state index is 12.7. The number of carbonyl (C=O) groups excluding carboxylic acids is 1. The second-order valence-electron chi connectivity index (χ2n) is 7.37. The first-order valence-electron chi connectivity index (χ1n) is 10.5. The van der Waals surface area contributed by atoms with Crippen molar-refractivity contribution in [2.24, 2.45) is 0 Å². The molecule has 8 heteroatoms. The van der Waals surface area contributed by atoms with Crippen molar-refractivity contribution in [3.05, 3.63) is 41.6 Å². The van der Waals surface area contributed by atoms with Crippen LogP contribution >= 0.6 is 0 Å². The Kier molecular flexibility index (Phi) is 5.85. The summed E-state index contributed by atoms with van der Waals surface area (Å²) in [6.07, 6.45) is 0. The van der Waals surface area contributed by atoms with E-state index in [-0.39, 0.29) is 5.91 Å². The van der Waals surface area contributed by atoms with Gasteiger partial charge in [-0.2, -0.15) is 9.97 Å². The Balaban J connectivity index is 1.68. The van der Waals surface area contributed by atoms with Crippen molar-refractivity contribution >= 4 is 34.4 Å². The van der Waals surface area contributed by atoms with Gasteiger partial charge in [0, 0.05) is 43.1 Å². The minimum atomic E-state index is 0.0305. The van der Waals surface area contributed by atoms with E-state index in [1.807, 2.05) is 56.0 Å². The number of aryl methyl sites for hydroxylation is 1. The van der Waals surface area contributed by atoms with Crippen LogP contribution in [0.2, 0.25) is 0 Å². The van der Waals surface area contributed by atoms with E-state index >= 15 is 0 Å². The minimum Gasteiger partial charge on any atom is -0.378 e. The molecule has 0 radical (unpaired) electrons. The highest BCUT2D eigenvalue weighted by Gasteiger charge is 2.18. The molecule has 3 heterocycles. The third kappa shape index (κ3) is 4.09. The van der Waals surface area contributed by atoms with Crippen molar-refractivity contribution in [3.8, 4) is 0 Å². The number of benzene rings is 1.